The first-order valence-electron chi connectivity index (χ1n) is 3.01. The van der Waals surface area contributed by atoms with Crippen molar-refractivity contribution in [3.05, 3.63) is 0 Å². The highest BCUT2D eigenvalue weighted by atomic mass is 32.2. The molecule has 3 nitrogen and oxygen atoms in total. The van der Waals surface area contributed by atoms with Crippen LogP contribution < -0.4 is 10.6 Å². The number of hydrogen-bond donors (Lipinski definition) is 2. The minimum Gasteiger partial charge on any atom is -0.332 e. The molecule has 9 heavy (non-hydrogen) atoms. The molecule has 2 N–H and O–H groups in total. The zero-order valence-corrected chi connectivity index (χ0v) is 5.70. The van der Waals surface area contributed by atoms with E-state index in [1.807, 2.05) is 11.8 Å². The van der Waals surface area contributed by atoms with Crippen molar-refractivity contribution < 1.29 is 7.65 Å². The van der Waals surface area contributed by atoms with Crippen LogP contribution in [0, 0.1) is 0 Å². The van der Waals surface area contributed by atoms with Gasteiger partial charge in [0, 0.05) is 14.4 Å². The van der Waals surface area contributed by atoms with Gasteiger partial charge in [-0.25, -0.2) is 4.79 Å². The number of thioether (sulfide) groups is 1. The van der Waals surface area contributed by atoms with Crippen molar-refractivity contribution in [1.29, 1.82) is 0 Å². The second kappa shape index (κ2) is 1.80. The summed E-state index contributed by atoms with van der Waals surface area (Å²) in [5, 5.41) is 5.69. The average molecular weight is 148 g/mol. The second-order valence-corrected chi connectivity index (χ2v) is 3.44. The number of carbonyl (C=O) groups is 1. The number of nitrogens with one attached hydrogen (secondary N) is 2. The van der Waals surface area contributed by atoms with Crippen molar-refractivity contribution in [2.75, 3.05) is 11.5 Å². The fourth-order valence-corrected chi connectivity index (χ4v) is 2.49. The van der Waals surface area contributed by atoms with Gasteiger partial charge in [0.1, 0.15) is 0 Å². The number of carbonyl (C=O) groups excluding carboxylic acids is 1. The van der Waals surface area contributed by atoms with Crippen LogP contribution in [0.5, 0.6) is 0 Å². The van der Waals surface area contributed by atoms with Crippen molar-refractivity contribution >= 4 is 17.8 Å². The standard InChI is InChI=1S/C5H8N2OS.2H2/c8-5-6-3-1-9-2-4(3)7-5;;/h3-4H,1-2H2,(H2,6,7,8);2*1H/t3-,4?;;/m1../s1. The van der Waals surface area contributed by atoms with E-state index in [0.717, 1.165) is 11.5 Å². The Morgan fingerprint density at radius 2 is 2.00 bits per heavy atom. The quantitative estimate of drug-likeness (QED) is 0.484. The predicted molar refractivity (Wildman–Crippen MR) is 40.8 cm³/mol. The third-order valence-electron chi connectivity index (χ3n) is 1.71. The van der Waals surface area contributed by atoms with Gasteiger partial charge in [-0.3, -0.25) is 0 Å². The molecular weight excluding hydrogens is 136 g/mol. The Morgan fingerprint density at radius 3 is 2.56 bits per heavy atom. The van der Waals surface area contributed by atoms with Crippen molar-refractivity contribution in [2.24, 2.45) is 0 Å². The van der Waals surface area contributed by atoms with Gasteiger partial charge in [-0.1, -0.05) is 0 Å². The van der Waals surface area contributed by atoms with Gasteiger partial charge in [-0.05, 0) is 0 Å². The van der Waals surface area contributed by atoms with Gasteiger partial charge >= 0.3 is 6.03 Å². The smallest absolute Gasteiger partial charge is 0.315 e. The van der Waals surface area contributed by atoms with Crippen LogP contribution in [0.15, 0.2) is 0 Å². The summed E-state index contributed by atoms with van der Waals surface area (Å²) in [6, 6.07) is 0.815. The lowest BCUT2D eigenvalue weighted by Gasteiger charge is -2.02. The number of urea groups is 1. The maximum absolute atomic E-state index is 10.6. The van der Waals surface area contributed by atoms with Crippen LogP contribution >= 0.6 is 11.8 Å². The van der Waals surface area contributed by atoms with Crippen molar-refractivity contribution in [3.63, 3.8) is 0 Å². The summed E-state index contributed by atoms with van der Waals surface area (Å²) >= 11 is 1.89. The third kappa shape index (κ3) is 0.775. The summed E-state index contributed by atoms with van der Waals surface area (Å²) in [6.45, 7) is 0. The molecule has 0 saturated carbocycles. The first-order valence-corrected chi connectivity index (χ1v) is 4.16. The molecule has 2 amide bonds. The second-order valence-electron chi connectivity index (χ2n) is 2.37. The van der Waals surface area contributed by atoms with E-state index in [2.05, 4.69) is 10.6 Å². The van der Waals surface area contributed by atoms with Crippen molar-refractivity contribution in [3.8, 4) is 0 Å². The van der Waals surface area contributed by atoms with E-state index in [-0.39, 0.29) is 8.88 Å². The van der Waals surface area contributed by atoms with Crippen LogP contribution in [0.25, 0.3) is 0 Å². The summed E-state index contributed by atoms with van der Waals surface area (Å²) in [5.74, 6) is 2.15. The van der Waals surface area contributed by atoms with E-state index in [1.54, 1.807) is 0 Å². The highest BCUT2D eigenvalue weighted by Crippen LogP contribution is 2.20. The molecule has 2 rings (SSSR count). The SMILES string of the molecule is O=C1NC2CSC[C@H]2N1.[HH].[HH]. The zero-order valence-electron chi connectivity index (χ0n) is 4.89. The minimum absolute atomic E-state index is 0. The molecule has 2 fully saturated rings. The van der Waals surface area contributed by atoms with Gasteiger partial charge in [0.25, 0.3) is 0 Å². The van der Waals surface area contributed by atoms with Crippen molar-refractivity contribution in [2.45, 2.75) is 12.1 Å². The molecule has 0 aromatic heterocycles. The minimum atomic E-state index is 0. The van der Waals surface area contributed by atoms with E-state index in [4.69, 9.17) is 0 Å². The number of amides is 2. The maximum Gasteiger partial charge on any atom is 0.315 e. The van der Waals surface area contributed by atoms with Gasteiger partial charge in [0.2, 0.25) is 0 Å². The Bertz CT molecular complexity index is 143. The van der Waals surface area contributed by atoms with Gasteiger partial charge in [0.15, 0.2) is 0 Å². The summed E-state index contributed by atoms with van der Waals surface area (Å²) in [5.41, 5.74) is 0. The molecule has 2 heterocycles. The zero-order chi connectivity index (χ0) is 6.27. The third-order valence-corrected chi connectivity index (χ3v) is 2.90. The topological polar surface area (TPSA) is 41.1 Å². The summed E-state index contributed by atoms with van der Waals surface area (Å²) < 4.78 is 0. The molecule has 0 aromatic rings. The molecule has 0 spiro atoms. The molecule has 2 atom stereocenters. The van der Waals surface area contributed by atoms with Crippen LogP contribution in [-0.4, -0.2) is 29.6 Å². The lowest BCUT2D eigenvalue weighted by atomic mass is 10.2. The van der Waals surface area contributed by atoms with Crippen LogP contribution in [0.4, 0.5) is 4.79 Å². The Morgan fingerprint density at radius 1 is 1.44 bits per heavy atom. The molecule has 2 aliphatic rings. The van der Waals surface area contributed by atoms with Crippen LogP contribution in [-0.2, 0) is 0 Å². The Hall–Kier alpha value is -0.380. The summed E-state index contributed by atoms with van der Waals surface area (Å²) in [4.78, 5) is 10.6. The first kappa shape index (κ1) is 5.41. The summed E-state index contributed by atoms with van der Waals surface area (Å²) in [6.07, 6.45) is 0. The molecule has 0 radical (unpaired) electrons. The molecule has 2 aliphatic heterocycles. The van der Waals surface area contributed by atoms with E-state index < -0.39 is 0 Å². The highest BCUT2D eigenvalue weighted by molar-refractivity contribution is 7.99. The van der Waals surface area contributed by atoms with Gasteiger partial charge in [-0.15, -0.1) is 0 Å². The van der Waals surface area contributed by atoms with Crippen LogP contribution in [0.3, 0.4) is 0 Å². The molecule has 0 aromatic carbocycles. The Balaban J connectivity index is 0.000000500. The van der Waals surface area contributed by atoms with Crippen molar-refractivity contribution in [1.82, 2.24) is 10.6 Å². The summed E-state index contributed by atoms with van der Waals surface area (Å²) in [7, 11) is 0. The lowest BCUT2D eigenvalue weighted by molar-refractivity contribution is 0.247. The molecular formula is C5H12N2OS. The molecule has 0 aliphatic carbocycles. The first-order chi connectivity index (χ1) is 4.36. The normalized spacial score (nSPS) is 39.8. The molecule has 54 valence electrons. The van der Waals surface area contributed by atoms with E-state index >= 15 is 0 Å². The largest absolute Gasteiger partial charge is 0.332 e. The number of fused-ring (bicyclic) bond motifs is 1. The van der Waals surface area contributed by atoms with E-state index in [1.165, 1.54) is 0 Å². The molecule has 1 unspecified atom stereocenters. The average Bonchev–Trinajstić information content (AvgIpc) is 2.22. The molecule has 0 bridgehead atoms. The van der Waals surface area contributed by atoms with E-state index in [9.17, 15) is 4.79 Å². The monoisotopic (exact) mass is 148 g/mol. The predicted octanol–water partition coefficient (Wildman–Crippen LogP) is 0.275. The Labute approximate surface area is 60.5 Å². The van der Waals surface area contributed by atoms with Crippen LogP contribution in [0.2, 0.25) is 0 Å². The molecule has 4 heteroatoms. The molecule has 2 saturated heterocycles. The Kier molecular flexibility index (Phi) is 1.08. The fourth-order valence-electron chi connectivity index (χ4n) is 1.22. The lowest BCUT2D eigenvalue weighted by Crippen LogP contribution is -2.31. The fraction of sp³-hybridized carbons (Fsp3) is 0.800. The number of rotatable bonds is 0. The van der Waals surface area contributed by atoms with Gasteiger partial charge in [0.05, 0.1) is 12.1 Å². The van der Waals surface area contributed by atoms with Gasteiger partial charge < -0.3 is 10.6 Å². The van der Waals surface area contributed by atoms with E-state index in [0.29, 0.717) is 12.1 Å². The van der Waals surface area contributed by atoms with Gasteiger partial charge in [-0.2, -0.15) is 11.8 Å². The number of hydrogen-bond acceptors (Lipinski definition) is 2. The maximum atomic E-state index is 10.6. The van der Waals surface area contributed by atoms with Crippen LogP contribution in [0.1, 0.15) is 2.85 Å². The highest BCUT2D eigenvalue weighted by Gasteiger charge is 2.35.